The zero-order chi connectivity index (χ0) is 10.7. The van der Waals surface area contributed by atoms with Crippen LogP contribution < -0.4 is 10.2 Å². The topological polar surface area (TPSA) is 41.0 Å². The fourth-order valence-electron chi connectivity index (χ4n) is 1.76. The van der Waals surface area contributed by atoms with E-state index < -0.39 is 0 Å². The highest BCUT2D eigenvalue weighted by atomic mass is 15.3. The molecule has 4 nitrogen and oxygen atoms in total. The quantitative estimate of drug-likeness (QED) is 0.663. The van der Waals surface area contributed by atoms with Gasteiger partial charge in [-0.2, -0.15) is 0 Å². The summed E-state index contributed by atoms with van der Waals surface area (Å²) in [6.45, 7) is 5.10. The predicted molar refractivity (Wildman–Crippen MR) is 59.6 cm³/mol. The van der Waals surface area contributed by atoms with Crippen molar-refractivity contribution in [2.24, 2.45) is 0 Å². The molecule has 0 bridgehead atoms. The molecule has 0 unspecified atom stereocenters. The van der Waals surface area contributed by atoms with Gasteiger partial charge in [-0.3, -0.25) is 0 Å². The maximum absolute atomic E-state index is 5.31. The van der Waals surface area contributed by atoms with Gasteiger partial charge >= 0.3 is 0 Å². The van der Waals surface area contributed by atoms with E-state index in [1.165, 1.54) is 6.33 Å². The number of hydrogen-bond donors (Lipinski definition) is 1. The van der Waals surface area contributed by atoms with E-state index in [2.05, 4.69) is 33.0 Å². The van der Waals surface area contributed by atoms with Crippen molar-refractivity contribution in [3.8, 4) is 12.3 Å². The highest BCUT2D eigenvalue weighted by Crippen LogP contribution is 2.15. The second-order valence-corrected chi connectivity index (χ2v) is 3.65. The van der Waals surface area contributed by atoms with E-state index in [-0.39, 0.29) is 0 Å². The van der Waals surface area contributed by atoms with E-state index in [4.69, 9.17) is 6.42 Å². The largest absolute Gasteiger partial charge is 0.351 e. The Morgan fingerprint density at radius 1 is 1.60 bits per heavy atom. The lowest BCUT2D eigenvalue weighted by Gasteiger charge is -2.34. The van der Waals surface area contributed by atoms with Gasteiger partial charge in [-0.1, -0.05) is 5.92 Å². The number of hydrogen-bond acceptors (Lipinski definition) is 4. The molecular formula is C11H14N4. The molecule has 0 aromatic carbocycles. The van der Waals surface area contributed by atoms with Gasteiger partial charge in [-0.25, -0.2) is 9.97 Å². The Bertz CT molecular complexity index is 382. The van der Waals surface area contributed by atoms with E-state index in [0.717, 1.165) is 25.5 Å². The summed E-state index contributed by atoms with van der Waals surface area (Å²) >= 11 is 0. The first-order chi connectivity index (χ1) is 7.31. The highest BCUT2D eigenvalue weighted by Gasteiger charge is 2.19. The smallest absolute Gasteiger partial charge is 0.133 e. The molecule has 1 aromatic rings. The summed E-state index contributed by atoms with van der Waals surface area (Å²) in [5.41, 5.74) is 0.644. The molecule has 0 aliphatic carbocycles. The molecule has 4 heteroatoms. The van der Waals surface area contributed by atoms with Gasteiger partial charge in [0.1, 0.15) is 17.8 Å². The summed E-state index contributed by atoms with van der Waals surface area (Å²) in [7, 11) is 0. The molecule has 15 heavy (non-hydrogen) atoms. The molecule has 1 aliphatic heterocycles. The number of terminal acetylenes is 1. The first kappa shape index (κ1) is 9.94. The summed E-state index contributed by atoms with van der Waals surface area (Å²) in [5, 5.41) is 3.34. The van der Waals surface area contributed by atoms with Crippen LogP contribution in [0, 0.1) is 12.3 Å². The van der Waals surface area contributed by atoms with Crippen molar-refractivity contribution < 1.29 is 0 Å². The van der Waals surface area contributed by atoms with Gasteiger partial charge < -0.3 is 10.2 Å². The molecule has 2 rings (SSSR count). The summed E-state index contributed by atoms with van der Waals surface area (Å²) in [6, 6.07) is 2.31. The molecule has 0 spiro atoms. The zero-order valence-electron chi connectivity index (χ0n) is 8.77. The first-order valence-electron chi connectivity index (χ1n) is 5.07. The average Bonchev–Trinajstić information content (AvgIpc) is 2.30. The molecular weight excluding hydrogens is 188 g/mol. The third kappa shape index (κ3) is 2.08. The molecule has 0 amide bonds. The minimum atomic E-state index is 0.444. The second-order valence-electron chi connectivity index (χ2n) is 3.65. The van der Waals surface area contributed by atoms with Crippen LogP contribution in [0.1, 0.15) is 12.6 Å². The number of nitrogens with zero attached hydrogens (tertiary/aromatic N) is 3. The van der Waals surface area contributed by atoms with Crippen molar-refractivity contribution in [2.45, 2.75) is 13.0 Å². The number of rotatable bonds is 1. The van der Waals surface area contributed by atoms with Crippen LogP contribution in [0.3, 0.4) is 0 Å². The molecule has 78 valence electrons. The van der Waals surface area contributed by atoms with E-state index in [1.54, 1.807) is 0 Å². The molecule has 2 heterocycles. The fourth-order valence-corrected chi connectivity index (χ4v) is 1.76. The minimum Gasteiger partial charge on any atom is -0.351 e. The van der Waals surface area contributed by atoms with Gasteiger partial charge in [0.25, 0.3) is 0 Å². The van der Waals surface area contributed by atoms with Gasteiger partial charge in [0.05, 0.1) is 0 Å². The maximum Gasteiger partial charge on any atom is 0.133 e. The lowest BCUT2D eigenvalue weighted by molar-refractivity contribution is 0.497. The Kier molecular flexibility index (Phi) is 2.84. The molecule has 1 fully saturated rings. The van der Waals surface area contributed by atoms with Gasteiger partial charge in [0.15, 0.2) is 0 Å². The molecule has 1 saturated heterocycles. The van der Waals surface area contributed by atoms with Crippen LogP contribution in [0.2, 0.25) is 0 Å². The molecule has 1 atom stereocenters. The minimum absolute atomic E-state index is 0.444. The lowest BCUT2D eigenvalue weighted by atomic mass is 10.2. The van der Waals surface area contributed by atoms with Crippen molar-refractivity contribution in [1.82, 2.24) is 15.3 Å². The monoisotopic (exact) mass is 202 g/mol. The summed E-state index contributed by atoms with van der Waals surface area (Å²) in [4.78, 5) is 10.5. The van der Waals surface area contributed by atoms with Crippen LogP contribution in [0.4, 0.5) is 5.82 Å². The zero-order valence-corrected chi connectivity index (χ0v) is 8.77. The fraction of sp³-hybridized carbons (Fsp3) is 0.455. The van der Waals surface area contributed by atoms with E-state index in [1.807, 2.05) is 6.07 Å². The van der Waals surface area contributed by atoms with Crippen LogP contribution in [0.5, 0.6) is 0 Å². The van der Waals surface area contributed by atoms with Crippen LogP contribution in [0.15, 0.2) is 12.4 Å². The van der Waals surface area contributed by atoms with E-state index in [9.17, 15) is 0 Å². The predicted octanol–water partition coefficient (Wildman–Crippen LogP) is 0.256. The Morgan fingerprint density at radius 3 is 3.20 bits per heavy atom. The number of aromatic nitrogens is 2. The molecule has 0 radical (unpaired) electrons. The Balaban J connectivity index is 2.24. The van der Waals surface area contributed by atoms with Crippen molar-refractivity contribution in [1.29, 1.82) is 0 Å². The van der Waals surface area contributed by atoms with Gasteiger partial charge in [0.2, 0.25) is 0 Å². The summed E-state index contributed by atoms with van der Waals surface area (Å²) < 4.78 is 0. The SMILES string of the molecule is C#Cc1cc(N2CCNC[C@H]2C)ncn1. The van der Waals surface area contributed by atoms with E-state index in [0.29, 0.717) is 11.7 Å². The van der Waals surface area contributed by atoms with Crippen molar-refractivity contribution >= 4 is 5.82 Å². The molecule has 1 aliphatic rings. The third-order valence-electron chi connectivity index (χ3n) is 2.60. The highest BCUT2D eigenvalue weighted by molar-refractivity contribution is 5.44. The van der Waals surface area contributed by atoms with Crippen molar-refractivity contribution in [3.63, 3.8) is 0 Å². The van der Waals surface area contributed by atoms with Crippen LogP contribution in [-0.4, -0.2) is 35.6 Å². The van der Waals surface area contributed by atoms with Gasteiger partial charge in [0, 0.05) is 31.7 Å². The van der Waals surface area contributed by atoms with E-state index >= 15 is 0 Å². The van der Waals surface area contributed by atoms with Crippen molar-refractivity contribution in [3.05, 3.63) is 18.1 Å². The normalized spacial score (nSPS) is 21.1. The number of piperazine rings is 1. The Morgan fingerprint density at radius 2 is 2.47 bits per heavy atom. The summed E-state index contributed by atoms with van der Waals surface area (Å²) in [5.74, 6) is 3.45. The van der Waals surface area contributed by atoms with Gasteiger partial charge in [-0.15, -0.1) is 6.42 Å². The second kappa shape index (κ2) is 4.28. The Hall–Kier alpha value is -1.60. The number of nitrogens with one attached hydrogen (secondary N) is 1. The van der Waals surface area contributed by atoms with Crippen LogP contribution >= 0.6 is 0 Å². The number of anilines is 1. The standard InChI is InChI=1S/C11H14N4/c1-3-10-6-11(14-8-13-10)15-5-4-12-7-9(15)2/h1,6,8-9,12H,4-5,7H2,2H3/t9-/m1/s1. The Labute approximate surface area is 89.7 Å². The third-order valence-corrected chi connectivity index (χ3v) is 2.60. The summed E-state index contributed by atoms with van der Waals surface area (Å²) in [6.07, 6.45) is 6.84. The lowest BCUT2D eigenvalue weighted by Crippen LogP contribution is -2.50. The van der Waals surface area contributed by atoms with Crippen molar-refractivity contribution in [2.75, 3.05) is 24.5 Å². The van der Waals surface area contributed by atoms with Crippen LogP contribution in [0.25, 0.3) is 0 Å². The molecule has 1 N–H and O–H groups in total. The average molecular weight is 202 g/mol. The van der Waals surface area contributed by atoms with Gasteiger partial charge in [-0.05, 0) is 6.92 Å². The first-order valence-corrected chi connectivity index (χ1v) is 5.07. The maximum atomic E-state index is 5.31. The van der Waals surface area contributed by atoms with Crippen LogP contribution in [-0.2, 0) is 0 Å². The molecule has 1 aromatic heterocycles. The molecule has 0 saturated carbocycles.